The van der Waals surface area contributed by atoms with Gasteiger partial charge in [-0.1, -0.05) is 0 Å². The molecule has 0 spiro atoms. The second-order valence-corrected chi connectivity index (χ2v) is 16.4. The molecule has 3 rings (SSSR count). The van der Waals surface area contributed by atoms with Crippen LogP contribution in [0.3, 0.4) is 0 Å². The van der Waals surface area contributed by atoms with Crippen LogP contribution in [0.1, 0.15) is 89.7 Å². The zero-order chi connectivity index (χ0) is 27.9. The molecule has 0 aromatic heterocycles. The van der Waals surface area contributed by atoms with E-state index in [1.807, 2.05) is 48.5 Å². The molecular weight excluding hydrogens is 595 g/mol. The van der Waals surface area contributed by atoms with Gasteiger partial charge in [-0.25, -0.2) is 0 Å². The van der Waals surface area contributed by atoms with Gasteiger partial charge >= 0.3 is 248 Å². The zero-order valence-corrected chi connectivity index (χ0v) is 27.4. The molecule has 0 unspecified atom stereocenters. The van der Waals surface area contributed by atoms with E-state index in [1.54, 1.807) is 7.11 Å². The van der Waals surface area contributed by atoms with Crippen LogP contribution < -0.4 is 0 Å². The molecule has 1 saturated heterocycles. The summed E-state index contributed by atoms with van der Waals surface area (Å²) in [5.41, 5.74) is 2.15. The monoisotopic (exact) mass is 646 g/mol. The average Bonchev–Trinajstić information content (AvgIpc) is 2.98. The summed E-state index contributed by atoms with van der Waals surface area (Å²) in [6.45, 7) is 7.67. The molecule has 1 fully saturated rings. The number of rotatable bonds is 18. The molecule has 5 atom stereocenters. The van der Waals surface area contributed by atoms with Gasteiger partial charge in [0.1, 0.15) is 0 Å². The number of hydrogen-bond acceptors (Lipinski definition) is 5. The third kappa shape index (κ3) is 10.1. The summed E-state index contributed by atoms with van der Waals surface area (Å²) in [6.07, 6.45) is 8.66. The van der Waals surface area contributed by atoms with Crippen LogP contribution in [0.4, 0.5) is 0 Å². The molecule has 1 aliphatic rings. The van der Waals surface area contributed by atoms with Crippen LogP contribution in [0.25, 0.3) is 0 Å². The number of aliphatic hydroxyl groups excluding tert-OH is 1. The van der Waals surface area contributed by atoms with E-state index < -0.39 is 45.7 Å². The van der Waals surface area contributed by atoms with E-state index in [2.05, 4.69) is 32.9 Å². The number of unbranched alkanes of at least 4 members (excludes halogenated alkanes) is 3. The summed E-state index contributed by atoms with van der Waals surface area (Å²) >= 11 is -1.24. The van der Waals surface area contributed by atoms with Crippen LogP contribution >= 0.6 is 0 Å². The summed E-state index contributed by atoms with van der Waals surface area (Å²) in [7, 11) is 1.68. The van der Waals surface area contributed by atoms with E-state index in [1.165, 1.54) is 57.8 Å². The minimum absolute atomic E-state index is 0.207. The zero-order valence-electron chi connectivity index (χ0n) is 24.5. The molecule has 0 saturated carbocycles. The molecule has 0 amide bonds. The van der Waals surface area contributed by atoms with Gasteiger partial charge < -0.3 is 0 Å². The second kappa shape index (κ2) is 17.8. The van der Waals surface area contributed by atoms with Crippen molar-refractivity contribution in [2.75, 3.05) is 7.11 Å². The molecule has 2 aromatic carbocycles. The summed E-state index contributed by atoms with van der Waals surface area (Å²) in [4.78, 5) is 0. The number of hydrogen-bond donors (Lipinski definition) is 1. The Balaban J connectivity index is 1.85. The molecule has 1 N–H and O–H groups in total. The van der Waals surface area contributed by atoms with Crippen molar-refractivity contribution < 1.29 is 24.1 Å². The van der Waals surface area contributed by atoms with Crippen molar-refractivity contribution in [1.29, 1.82) is 0 Å². The van der Waals surface area contributed by atoms with Gasteiger partial charge in [0.15, 0.2) is 0 Å². The van der Waals surface area contributed by atoms with Crippen LogP contribution in [0, 0.1) is 0 Å². The van der Waals surface area contributed by atoms with Gasteiger partial charge in [-0.15, -0.1) is 0 Å². The Hall–Kier alpha value is -0.961. The van der Waals surface area contributed by atoms with Crippen LogP contribution in [-0.2, 0) is 32.2 Å². The normalized spacial score (nSPS) is 23.7. The summed E-state index contributed by atoms with van der Waals surface area (Å²) in [5, 5.41) is 11.9. The second-order valence-electron chi connectivity index (χ2n) is 10.9. The molecule has 2 aromatic rings. The Labute approximate surface area is 247 Å². The van der Waals surface area contributed by atoms with Gasteiger partial charge in [0.2, 0.25) is 0 Å². The molecule has 1 heterocycles. The topological polar surface area (TPSA) is 57.2 Å². The first-order valence-electron chi connectivity index (χ1n) is 15.0. The fourth-order valence-electron chi connectivity index (χ4n) is 5.47. The fraction of sp³-hybridized carbons (Fsp3) is 0.636. The molecule has 2 radical (unpaired) electrons. The van der Waals surface area contributed by atoms with Gasteiger partial charge in [0.25, 0.3) is 0 Å². The maximum absolute atomic E-state index is 11.9. The van der Waals surface area contributed by atoms with Crippen molar-refractivity contribution in [2.24, 2.45) is 0 Å². The van der Waals surface area contributed by atoms with Gasteiger partial charge in [0.05, 0.1) is 0 Å². The van der Waals surface area contributed by atoms with Crippen LogP contribution in [-0.4, -0.2) is 62.1 Å². The Morgan fingerprint density at radius 3 is 1.64 bits per heavy atom. The number of methoxy groups -OCH3 is 1. The van der Waals surface area contributed by atoms with E-state index >= 15 is 0 Å². The maximum atomic E-state index is 11.9. The van der Waals surface area contributed by atoms with Crippen LogP contribution in [0.15, 0.2) is 60.7 Å². The van der Waals surface area contributed by atoms with Crippen molar-refractivity contribution in [2.45, 2.75) is 124 Å². The summed E-state index contributed by atoms with van der Waals surface area (Å²) in [6, 6.07) is 20.2. The standard InChI is InChI=1S/C20H23O5.C13H27.Sn/c1-22-20-19(24-13-16-10-6-3-7-11-16)18(17(21)14-25-20)23-12-15-8-4-2-5-9-15;1-4-7-10-13(11-8-5-2)12-9-6-3;/h2-11,14,17-21H,12-13H2,1H3;4-12H2,1-3H3;/t17-,18+,19-,20+;;/m1../s1. The van der Waals surface area contributed by atoms with Crippen molar-refractivity contribution in [3.8, 4) is 0 Å². The molecule has 6 heteroatoms. The predicted octanol–water partition coefficient (Wildman–Crippen LogP) is 7.28. The van der Waals surface area contributed by atoms with E-state index in [0.717, 1.165) is 11.1 Å². The average molecular weight is 645 g/mol. The molecule has 39 heavy (non-hydrogen) atoms. The van der Waals surface area contributed by atoms with Crippen molar-refractivity contribution in [3.05, 3.63) is 71.8 Å². The Bertz CT molecular complexity index is 874. The quantitative estimate of drug-likeness (QED) is 0.173. The van der Waals surface area contributed by atoms with Crippen LogP contribution in [0.2, 0.25) is 3.43 Å². The predicted molar refractivity (Wildman–Crippen MR) is 159 cm³/mol. The third-order valence-corrected chi connectivity index (χ3v) is 13.9. The van der Waals surface area contributed by atoms with Crippen molar-refractivity contribution in [1.82, 2.24) is 0 Å². The van der Waals surface area contributed by atoms with Gasteiger partial charge in [-0.2, -0.15) is 0 Å². The number of aliphatic hydroxyl groups is 1. The number of ether oxygens (including phenoxy) is 4. The molecule has 1 aliphatic heterocycles. The molecule has 5 nitrogen and oxygen atoms in total. The molecule has 0 bridgehead atoms. The molecule has 216 valence electrons. The van der Waals surface area contributed by atoms with E-state index in [-0.39, 0.29) is 4.12 Å². The van der Waals surface area contributed by atoms with E-state index in [4.69, 9.17) is 18.9 Å². The third-order valence-electron chi connectivity index (χ3n) is 7.80. The van der Waals surface area contributed by atoms with Crippen molar-refractivity contribution >= 4 is 21.1 Å². The SMILES string of the molecule is CCCC[C](CCCC)(CCCC)[Sn][C@H]1O[C@H](OC)[C@H](OCc2ccccc2)[C@@H](OCc2ccccc2)[C@@H]1O. The number of benzene rings is 2. The van der Waals surface area contributed by atoms with E-state index in [0.29, 0.717) is 16.6 Å². The van der Waals surface area contributed by atoms with E-state index in [9.17, 15) is 5.11 Å². The summed E-state index contributed by atoms with van der Waals surface area (Å²) in [5.74, 6) is 0. The first kappa shape index (κ1) is 32.6. The van der Waals surface area contributed by atoms with Gasteiger partial charge in [-0.3, -0.25) is 0 Å². The first-order valence-corrected chi connectivity index (χ1v) is 18.1. The Kier molecular flexibility index (Phi) is 14.8. The van der Waals surface area contributed by atoms with Gasteiger partial charge in [0, 0.05) is 0 Å². The van der Waals surface area contributed by atoms with Gasteiger partial charge in [-0.05, 0) is 0 Å². The van der Waals surface area contributed by atoms with Crippen molar-refractivity contribution in [3.63, 3.8) is 0 Å². The fourth-order valence-corrected chi connectivity index (χ4v) is 11.5. The Morgan fingerprint density at radius 2 is 1.21 bits per heavy atom. The first-order chi connectivity index (χ1) is 19.1. The molecular formula is C33H50O5Sn. The Morgan fingerprint density at radius 1 is 0.744 bits per heavy atom. The summed E-state index contributed by atoms with van der Waals surface area (Å²) < 4.78 is 25.5. The molecule has 0 aliphatic carbocycles. The minimum atomic E-state index is -1.24. The van der Waals surface area contributed by atoms with Crippen LogP contribution in [0.5, 0.6) is 0 Å².